The van der Waals surface area contributed by atoms with Gasteiger partial charge >= 0.3 is 6.09 Å². The molecule has 0 spiro atoms. The third kappa shape index (κ3) is 6.72. The van der Waals surface area contributed by atoms with Crippen molar-refractivity contribution < 1.29 is 28.2 Å². The molecular formula is C31H40FN5O5. The Labute approximate surface area is 246 Å². The predicted octanol–water partition coefficient (Wildman–Crippen LogP) is 4.54. The van der Waals surface area contributed by atoms with Crippen LogP contribution in [0.25, 0.3) is 11.4 Å². The maximum atomic E-state index is 15.2. The largest absolute Gasteiger partial charge is 0.444 e. The lowest BCUT2D eigenvalue weighted by molar-refractivity contribution is 0.0142. The van der Waals surface area contributed by atoms with Crippen molar-refractivity contribution in [1.29, 1.82) is 0 Å². The highest BCUT2D eigenvalue weighted by Gasteiger charge is 2.40. The Morgan fingerprint density at radius 3 is 2.24 bits per heavy atom. The molecule has 3 aliphatic rings. The highest BCUT2D eigenvalue weighted by atomic mass is 19.1. The summed E-state index contributed by atoms with van der Waals surface area (Å²) in [6.07, 6.45) is 7.52. The molecule has 0 bridgehead atoms. The van der Waals surface area contributed by atoms with Crippen molar-refractivity contribution in [3.05, 3.63) is 47.5 Å². The van der Waals surface area contributed by atoms with Crippen LogP contribution in [0.5, 0.6) is 0 Å². The Bertz CT molecular complexity index is 1300. The summed E-state index contributed by atoms with van der Waals surface area (Å²) in [5.74, 6) is -0.833. The van der Waals surface area contributed by atoms with Crippen LogP contribution in [0, 0.1) is 5.82 Å². The fraction of sp³-hybridized carbons (Fsp3) is 0.581. The van der Waals surface area contributed by atoms with E-state index in [9.17, 15) is 14.4 Å². The molecule has 0 radical (unpaired) electrons. The van der Waals surface area contributed by atoms with Crippen molar-refractivity contribution in [3.8, 4) is 11.4 Å². The van der Waals surface area contributed by atoms with Gasteiger partial charge in [0.15, 0.2) is 5.82 Å². The van der Waals surface area contributed by atoms with Crippen molar-refractivity contribution >= 4 is 17.9 Å². The summed E-state index contributed by atoms with van der Waals surface area (Å²) in [5, 5.41) is 0. The first kappa shape index (κ1) is 29.9. The molecule has 1 aliphatic carbocycles. The molecular weight excluding hydrogens is 541 g/mol. The number of aromatic nitrogens is 2. The van der Waals surface area contributed by atoms with E-state index in [0.29, 0.717) is 44.6 Å². The molecule has 3 heterocycles. The van der Waals surface area contributed by atoms with Crippen LogP contribution in [0.2, 0.25) is 0 Å². The maximum absolute atomic E-state index is 15.2. The SMILES string of the molecule is COCC1CCCN1C(=O)c1ccc(-c2ncc(C(=O)N(C3CC3)C3CCN(C(=O)OC(C)(C)C)CC3)cn2)c(F)c1. The molecule has 10 nitrogen and oxygen atoms in total. The highest BCUT2D eigenvalue weighted by molar-refractivity contribution is 5.95. The Morgan fingerprint density at radius 2 is 1.64 bits per heavy atom. The topological polar surface area (TPSA) is 105 Å². The monoisotopic (exact) mass is 581 g/mol. The van der Waals surface area contributed by atoms with Gasteiger partial charge in [-0.15, -0.1) is 0 Å². The van der Waals surface area contributed by atoms with Crippen LogP contribution in [0.3, 0.4) is 0 Å². The maximum Gasteiger partial charge on any atom is 0.410 e. The van der Waals surface area contributed by atoms with E-state index < -0.39 is 11.4 Å². The van der Waals surface area contributed by atoms with Crippen LogP contribution in [0.4, 0.5) is 9.18 Å². The molecule has 0 N–H and O–H groups in total. The minimum Gasteiger partial charge on any atom is -0.444 e. The van der Waals surface area contributed by atoms with E-state index in [1.165, 1.54) is 24.5 Å². The Hall–Kier alpha value is -3.60. The van der Waals surface area contributed by atoms with Crippen molar-refractivity contribution in [1.82, 2.24) is 24.7 Å². The van der Waals surface area contributed by atoms with Crippen molar-refractivity contribution in [2.75, 3.05) is 33.4 Å². The van der Waals surface area contributed by atoms with Gasteiger partial charge in [-0.1, -0.05) is 0 Å². The number of piperidine rings is 1. The van der Waals surface area contributed by atoms with Crippen molar-refractivity contribution in [2.24, 2.45) is 0 Å². The van der Waals surface area contributed by atoms with Gasteiger partial charge in [0.05, 0.1) is 23.8 Å². The first-order chi connectivity index (χ1) is 20.1. The number of likely N-dealkylation sites (tertiary alicyclic amines) is 2. The molecule has 3 fully saturated rings. The van der Waals surface area contributed by atoms with Crippen LogP contribution < -0.4 is 0 Å². The van der Waals surface area contributed by atoms with Gasteiger partial charge in [0.1, 0.15) is 11.4 Å². The summed E-state index contributed by atoms with van der Waals surface area (Å²) in [5.41, 5.74) is 0.211. The third-order valence-corrected chi connectivity index (χ3v) is 8.04. The average molecular weight is 582 g/mol. The molecule has 1 atom stereocenters. The van der Waals surface area contributed by atoms with Crippen LogP contribution in [0.1, 0.15) is 80.0 Å². The number of methoxy groups -OCH3 is 1. The molecule has 3 amide bonds. The number of benzene rings is 1. The fourth-order valence-electron chi connectivity index (χ4n) is 5.83. The number of rotatable bonds is 7. The molecule has 1 unspecified atom stereocenters. The Balaban J connectivity index is 1.24. The number of nitrogens with zero attached hydrogens (tertiary/aromatic N) is 5. The van der Waals surface area contributed by atoms with E-state index >= 15 is 4.39 Å². The molecule has 226 valence electrons. The molecule has 2 aliphatic heterocycles. The molecule has 42 heavy (non-hydrogen) atoms. The third-order valence-electron chi connectivity index (χ3n) is 8.04. The minimum atomic E-state index is -0.598. The van der Waals surface area contributed by atoms with Gasteiger partial charge in [-0.3, -0.25) is 9.59 Å². The zero-order valence-electron chi connectivity index (χ0n) is 24.8. The van der Waals surface area contributed by atoms with Gasteiger partial charge in [-0.25, -0.2) is 19.2 Å². The minimum absolute atomic E-state index is 0.00461. The second-order valence-corrected chi connectivity index (χ2v) is 12.4. The van der Waals surface area contributed by atoms with E-state index in [2.05, 4.69) is 9.97 Å². The normalized spacial score (nSPS) is 19.6. The van der Waals surface area contributed by atoms with Gasteiger partial charge in [-0.05, 0) is 77.5 Å². The molecule has 5 rings (SSSR count). The summed E-state index contributed by atoms with van der Waals surface area (Å²) < 4.78 is 25.9. The van der Waals surface area contributed by atoms with Crippen LogP contribution in [-0.4, -0.2) is 99.7 Å². The molecule has 1 saturated carbocycles. The molecule has 2 aromatic rings. The molecule has 1 aromatic carbocycles. The second kappa shape index (κ2) is 12.3. The van der Waals surface area contributed by atoms with Gasteiger partial charge in [0.25, 0.3) is 11.8 Å². The quantitative estimate of drug-likeness (QED) is 0.473. The zero-order chi connectivity index (χ0) is 30.0. The van der Waals surface area contributed by atoms with Crippen molar-refractivity contribution in [3.63, 3.8) is 0 Å². The lowest BCUT2D eigenvalue weighted by Crippen LogP contribution is -2.50. The summed E-state index contributed by atoms with van der Waals surface area (Å²) in [7, 11) is 1.61. The smallest absolute Gasteiger partial charge is 0.410 e. The fourth-order valence-corrected chi connectivity index (χ4v) is 5.83. The van der Waals surface area contributed by atoms with Gasteiger partial charge in [0.2, 0.25) is 0 Å². The highest BCUT2D eigenvalue weighted by Crippen LogP contribution is 2.34. The van der Waals surface area contributed by atoms with Crippen LogP contribution in [0.15, 0.2) is 30.6 Å². The predicted molar refractivity (Wildman–Crippen MR) is 153 cm³/mol. The summed E-state index contributed by atoms with van der Waals surface area (Å²) >= 11 is 0. The number of hydrogen-bond donors (Lipinski definition) is 0. The second-order valence-electron chi connectivity index (χ2n) is 12.4. The van der Waals surface area contributed by atoms with E-state index in [4.69, 9.17) is 9.47 Å². The Kier molecular flexibility index (Phi) is 8.77. The van der Waals surface area contributed by atoms with Gasteiger partial charge in [0, 0.05) is 56.8 Å². The Morgan fingerprint density at radius 1 is 0.976 bits per heavy atom. The number of carbonyl (C=O) groups is 3. The lowest BCUT2D eigenvalue weighted by atomic mass is 10.0. The standard InChI is InChI=1S/C31H40FN5O5/c1-31(2,3)42-30(40)35-14-11-23(12-15-35)37(22-8-9-22)29(39)21-17-33-27(34-18-21)25-10-7-20(16-26(25)32)28(38)36-13-5-6-24(36)19-41-4/h7,10,16-18,22-24H,5-6,8-9,11-15,19H2,1-4H3. The number of amides is 3. The van der Waals surface area contributed by atoms with E-state index in [0.717, 1.165) is 25.7 Å². The molecule has 2 saturated heterocycles. The average Bonchev–Trinajstić information content (AvgIpc) is 3.69. The number of carbonyl (C=O) groups excluding carboxylic acids is 3. The number of ether oxygens (including phenoxy) is 2. The number of halogens is 1. The zero-order valence-corrected chi connectivity index (χ0v) is 24.8. The summed E-state index contributed by atoms with van der Waals surface area (Å²) in [4.78, 5) is 53.1. The van der Waals surface area contributed by atoms with E-state index in [-0.39, 0.29) is 53.0 Å². The first-order valence-electron chi connectivity index (χ1n) is 14.8. The van der Waals surface area contributed by atoms with Gasteiger partial charge in [-0.2, -0.15) is 0 Å². The summed E-state index contributed by atoms with van der Waals surface area (Å²) in [6.45, 7) is 7.65. The molecule has 11 heteroatoms. The van der Waals surface area contributed by atoms with Crippen LogP contribution >= 0.6 is 0 Å². The van der Waals surface area contributed by atoms with E-state index in [1.54, 1.807) is 23.0 Å². The lowest BCUT2D eigenvalue weighted by Gasteiger charge is -2.39. The molecule has 1 aromatic heterocycles. The number of hydrogen-bond acceptors (Lipinski definition) is 7. The van der Waals surface area contributed by atoms with E-state index in [1.807, 2.05) is 25.7 Å². The van der Waals surface area contributed by atoms with Crippen LogP contribution in [-0.2, 0) is 9.47 Å². The summed E-state index contributed by atoms with van der Waals surface area (Å²) in [6, 6.07) is 4.48. The van der Waals surface area contributed by atoms with Crippen molar-refractivity contribution in [2.45, 2.75) is 83.0 Å². The first-order valence-corrected chi connectivity index (χ1v) is 14.8. The van der Waals surface area contributed by atoms with Gasteiger partial charge < -0.3 is 24.2 Å².